The highest BCUT2D eigenvalue weighted by Gasteiger charge is 2.19. The Balaban J connectivity index is 1.67. The molecule has 0 saturated carbocycles. The third-order valence-electron chi connectivity index (χ3n) is 3.97. The lowest BCUT2D eigenvalue weighted by atomic mass is 10.2. The van der Waals surface area contributed by atoms with E-state index in [0.717, 1.165) is 5.56 Å². The van der Waals surface area contributed by atoms with Crippen LogP contribution in [0.1, 0.15) is 16.1 Å². The van der Waals surface area contributed by atoms with Crippen LogP contribution in [0.2, 0.25) is 0 Å². The van der Waals surface area contributed by atoms with Gasteiger partial charge >= 0.3 is 0 Å². The van der Waals surface area contributed by atoms with E-state index in [1.54, 1.807) is 48.8 Å². The van der Waals surface area contributed by atoms with Gasteiger partial charge in [-0.15, -0.1) is 5.10 Å². The Kier molecular flexibility index (Phi) is 4.83. The summed E-state index contributed by atoms with van der Waals surface area (Å²) in [5, 5.41) is 7.42. The molecule has 0 amide bonds. The van der Waals surface area contributed by atoms with Gasteiger partial charge in [0.1, 0.15) is 11.5 Å². The van der Waals surface area contributed by atoms with Crippen LogP contribution in [0, 0.1) is 5.82 Å². The maximum Gasteiger partial charge on any atom is 0.299 e. The van der Waals surface area contributed by atoms with E-state index in [1.165, 1.54) is 23.0 Å². The largest absolute Gasteiger partial charge is 0.350 e. The van der Waals surface area contributed by atoms with Crippen LogP contribution in [0.3, 0.4) is 0 Å². The lowest BCUT2D eigenvalue weighted by molar-refractivity contribution is 0.0942. The minimum Gasteiger partial charge on any atom is -0.350 e. The highest BCUT2D eigenvalue weighted by molar-refractivity contribution is 5.95. The molecule has 138 valence electrons. The summed E-state index contributed by atoms with van der Waals surface area (Å²) < 4.78 is 14.3. The molecule has 0 aliphatic heterocycles. The smallest absolute Gasteiger partial charge is 0.299 e. The molecule has 28 heavy (non-hydrogen) atoms. The number of carbonyl (C=O) groups excluding carboxylic acids is 1. The summed E-state index contributed by atoms with van der Waals surface area (Å²) in [5.41, 5.74) is 1.76. The van der Waals surface area contributed by atoms with Gasteiger partial charge in [-0.3, -0.25) is 14.8 Å². The maximum absolute atomic E-state index is 13.1. The number of hydrogen-bond donors (Lipinski definition) is 1. The van der Waals surface area contributed by atoms with Crippen molar-refractivity contribution in [2.24, 2.45) is 0 Å². The van der Waals surface area contributed by atoms with E-state index in [9.17, 15) is 9.18 Å². The summed E-state index contributed by atoms with van der Waals surface area (Å²) in [6.07, 6.45) is 4.81. The number of hydrogen-bond acceptors (Lipinski definition) is 6. The number of halogens is 1. The summed E-state index contributed by atoms with van der Waals surface area (Å²) >= 11 is 0. The van der Waals surface area contributed by atoms with E-state index >= 15 is 0 Å². The number of benzene rings is 1. The molecule has 1 N–H and O–H groups in total. The molecule has 8 heteroatoms. The zero-order chi connectivity index (χ0) is 19.3. The van der Waals surface area contributed by atoms with Crippen LogP contribution in [0.4, 0.5) is 10.3 Å². The van der Waals surface area contributed by atoms with Crippen LogP contribution in [0.25, 0.3) is 11.4 Å². The first-order valence-electron chi connectivity index (χ1n) is 8.52. The predicted molar refractivity (Wildman–Crippen MR) is 101 cm³/mol. The zero-order valence-corrected chi connectivity index (χ0v) is 14.7. The van der Waals surface area contributed by atoms with E-state index in [4.69, 9.17) is 0 Å². The van der Waals surface area contributed by atoms with E-state index < -0.39 is 5.91 Å². The molecule has 0 atom stereocenters. The topological polar surface area (TPSA) is 85.6 Å². The van der Waals surface area contributed by atoms with Crippen molar-refractivity contribution in [2.75, 3.05) is 5.32 Å². The van der Waals surface area contributed by atoms with E-state index in [-0.39, 0.29) is 17.5 Å². The molecule has 0 radical (unpaired) electrons. The van der Waals surface area contributed by atoms with Crippen LogP contribution in [-0.4, -0.2) is 30.6 Å². The number of aromatic nitrogens is 5. The first-order valence-corrected chi connectivity index (χ1v) is 8.52. The van der Waals surface area contributed by atoms with Crippen molar-refractivity contribution in [1.29, 1.82) is 0 Å². The van der Waals surface area contributed by atoms with Crippen LogP contribution >= 0.6 is 0 Å². The number of nitrogens with one attached hydrogen (secondary N) is 1. The van der Waals surface area contributed by atoms with Crippen molar-refractivity contribution in [2.45, 2.75) is 6.54 Å². The van der Waals surface area contributed by atoms with Gasteiger partial charge in [-0.2, -0.15) is 9.67 Å². The molecule has 3 aromatic heterocycles. The fourth-order valence-electron chi connectivity index (χ4n) is 2.57. The van der Waals surface area contributed by atoms with E-state index in [1.807, 2.05) is 6.07 Å². The second-order valence-corrected chi connectivity index (χ2v) is 5.91. The molecule has 4 rings (SSSR count). The van der Waals surface area contributed by atoms with Crippen molar-refractivity contribution < 1.29 is 9.18 Å². The number of nitrogens with zero attached hydrogens (tertiary/aromatic N) is 5. The van der Waals surface area contributed by atoms with Crippen molar-refractivity contribution in [3.05, 3.63) is 90.3 Å². The average Bonchev–Trinajstić information content (AvgIpc) is 3.18. The first kappa shape index (κ1) is 17.5. The fraction of sp³-hybridized carbons (Fsp3) is 0.0500. The summed E-state index contributed by atoms with van der Waals surface area (Å²) in [4.78, 5) is 25.4. The molecule has 7 nitrogen and oxygen atoms in total. The average molecular weight is 374 g/mol. The molecular weight excluding hydrogens is 359 g/mol. The Hall–Kier alpha value is -3.94. The summed E-state index contributed by atoms with van der Waals surface area (Å²) in [7, 11) is 0. The Morgan fingerprint density at radius 3 is 2.61 bits per heavy atom. The number of pyridine rings is 2. The lowest BCUT2D eigenvalue weighted by Crippen LogP contribution is -2.18. The lowest BCUT2D eigenvalue weighted by Gasteiger charge is -2.07. The molecule has 3 heterocycles. The van der Waals surface area contributed by atoms with Crippen molar-refractivity contribution in [3.8, 4) is 11.4 Å². The maximum atomic E-state index is 13.1. The molecule has 0 fully saturated rings. The number of rotatable bonds is 5. The van der Waals surface area contributed by atoms with Crippen LogP contribution in [-0.2, 0) is 6.54 Å². The van der Waals surface area contributed by atoms with E-state index in [2.05, 4.69) is 25.4 Å². The Labute approximate surface area is 159 Å². The third-order valence-corrected chi connectivity index (χ3v) is 3.97. The second kappa shape index (κ2) is 7.75. The molecule has 0 spiro atoms. The molecule has 1 aromatic carbocycles. The summed E-state index contributed by atoms with van der Waals surface area (Å²) in [5.74, 6) is -0.0984. The summed E-state index contributed by atoms with van der Waals surface area (Å²) in [6.45, 7) is 0.348. The van der Waals surface area contributed by atoms with Gasteiger partial charge in [-0.1, -0.05) is 18.2 Å². The molecule has 0 saturated heterocycles. The summed E-state index contributed by atoms with van der Waals surface area (Å²) in [6, 6.07) is 14.7. The normalized spacial score (nSPS) is 10.6. The minimum atomic E-state index is -0.412. The molecule has 0 unspecified atom stereocenters. The number of anilines is 1. The van der Waals surface area contributed by atoms with Crippen molar-refractivity contribution in [1.82, 2.24) is 24.7 Å². The van der Waals surface area contributed by atoms with E-state index in [0.29, 0.717) is 17.9 Å². The SMILES string of the molecule is O=C(c1ccccn1)n1nc(-c2cccnc2)nc1NCc1ccc(F)cc1. The highest BCUT2D eigenvalue weighted by atomic mass is 19.1. The second-order valence-electron chi connectivity index (χ2n) is 5.91. The monoisotopic (exact) mass is 374 g/mol. The van der Waals surface area contributed by atoms with Gasteiger partial charge in [0.05, 0.1) is 0 Å². The quantitative estimate of drug-likeness (QED) is 0.577. The Bertz CT molecular complexity index is 1080. The Morgan fingerprint density at radius 2 is 1.89 bits per heavy atom. The standard InChI is InChI=1S/C20H15FN6O/c21-16-8-6-14(7-9-16)12-24-20-25-18(15-4-3-10-22-13-15)26-27(20)19(28)17-5-1-2-11-23-17/h1-11,13H,12H2,(H,24,25,26). The minimum absolute atomic E-state index is 0.245. The highest BCUT2D eigenvalue weighted by Crippen LogP contribution is 2.18. The fourth-order valence-corrected chi connectivity index (χ4v) is 2.57. The molecular formula is C20H15FN6O. The predicted octanol–water partition coefficient (Wildman–Crippen LogP) is 3.17. The van der Waals surface area contributed by atoms with Gasteiger partial charge < -0.3 is 5.32 Å². The van der Waals surface area contributed by atoms with Gasteiger partial charge in [0, 0.05) is 30.7 Å². The molecule has 0 bridgehead atoms. The van der Waals surface area contributed by atoms with Crippen molar-refractivity contribution >= 4 is 11.9 Å². The first-order chi connectivity index (χ1) is 13.7. The number of carbonyl (C=O) groups is 1. The van der Waals surface area contributed by atoms with Gasteiger partial charge in [0.25, 0.3) is 5.91 Å². The molecule has 0 aliphatic rings. The van der Waals surface area contributed by atoms with Crippen LogP contribution in [0.5, 0.6) is 0 Å². The van der Waals surface area contributed by atoms with Crippen LogP contribution < -0.4 is 5.32 Å². The molecule has 4 aromatic rings. The Morgan fingerprint density at radius 1 is 1.04 bits per heavy atom. The van der Waals surface area contributed by atoms with Gasteiger partial charge in [0.2, 0.25) is 5.95 Å². The third kappa shape index (κ3) is 3.75. The van der Waals surface area contributed by atoms with Crippen LogP contribution in [0.15, 0.2) is 73.2 Å². The zero-order valence-electron chi connectivity index (χ0n) is 14.7. The van der Waals surface area contributed by atoms with Gasteiger partial charge in [-0.25, -0.2) is 4.39 Å². The van der Waals surface area contributed by atoms with Gasteiger partial charge in [-0.05, 0) is 42.0 Å². The van der Waals surface area contributed by atoms with Crippen molar-refractivity contribution in [3.63, 3.8) is 0 Å². The molecule has 0 aliphatic carbocycles. The van der Waals surface area contributed by atoms with Gasteiger partial charge in [0.15, 0.2) is 5.82 Å².